The molecule has 152 valence electrons. The van der Waals surface area contributed by atoms with Crippen LogP contribution in [0.3, 0.4) is 0 Å². The van der Waals surface area contributed by atoms with Crippen molar-refractivity contribution in [3.8, 4) is 11.4 Å². The van der Waals surface area contributed by atoms with E-state index in [9.17, 15) is 9.59 Å². The Kier molecular flexibility index (Phi) is 5.14. The van der Waals surface area contributed by atoms with Gasteiger partial charge in [0.2, 0.25) is 0 Å². The van der Waals surface area contributed by atoms with Crippen LogP contribution >= 0.6 is 0 Å². The lowest BCUT2D eigenvalue weighted by atomic mass is 10.1. The third kappa shape index (κ3) is 3.71. The molecule has 2 aromatic carbocycles. The van der Waals surface area contributed by atoms with E-state index in [1.54, 1.807) is 41.2 Å². The molecule has 0 saturated heterocycles. The van der Waals surface area contributed by atoms with Gasteiger partial charge in [-0.05, 0) is 24.1 Å². The Balaban J connectivity index is 1.73. The molecule has 2 aromatic heterocycles. The van der Waals surface area contributed by atoms with Crippen molar-refractivity contribution in [1.82, 2.24) is 24.5 Å². The van der Waals surface area contributed by atoms with Crippen LogP contribution in [0.1, 0.15) is 24.3 Å². The summed E-state index contributed by atoms with van der Waals surface area (Å²) in [6.07, 6.45) is 1.62. The molecule has 1 amide bonds. The van der Waals surface area contributed by atoms with E-state index >= 15 is 0 Å². The average molecular weight is 402 g/mol. The minimum atomic E-state index is -0.376. The zero-order chi connectivity index (χ0) is 21.3. The highest BCUT2D eigenvalue weighted by atomic mass is 16.2. The first kappa shape index (κ1) is 19.5. The van der Waals surface area contributed by atoms with E-state index in [1.807, 2.05) is 39.1 Å². The lowest BCUT2D eigenvalue weighted by molar-refractivity contribution is 0.102. The highest BCUT2D eigenvalue weighted by molar-refractivity contribution is 6.11. The maximum absolute atomic E-state index is 13.1. The summed E-state index contributed by atoms with van der Waals surface area (Å²) in [5, 5.41) is 16.3. The molecule has 30 heavy (non-hydrogen) atoms. The van der Waals surface area contributed by atoms with Crippen molar-refractivity contribution in [3.05, 3.63) is 70.9 Å². The lowest BCUT2D eigenvalue weighted by Crippen LogP contribution is -2.29. The minimum Gasteiger partial charge on any atom is -0.321 e. The Morgan fingerprint density at radius 3 is 2.57 bits per heavy atom. The molecule has 4 rings (SSSR count). The first-order valence-corrected chi connectivity index (χ1v) is 9.69. The molecule has 0 unspecified atom stereocenters. The molecular weight excluding hydrogens is 380 g/mol. The Labute approximate surface area is 173 Å². The largest absolute Gasteiger partial charge is 0.321 e. The predicted molar refractivity (Wildman–Crippen MR) is 115 cm³/mol. The number of carbonyl (C=O) groups excluding carboxylic acids is 1. The topological polar surface area (TPSA) is 94.7 Å². The van der Waals surface area contributed by atoms with E-state index in [0.717, 1.165) is 5.56 Å². The van der Waals surface area contributed by atoms with Crippen LogP contribution in [0.4, 0.5) is 5.69 Å². The molecule has 0 radical (unpaired) electrons. The number of anilines is 1. The van der Waals surface area contributed by atoms with Crippen LogP contribution in [0, 0.1) is 5.92 Å². The summed E-state index contributed by atoms with van der Waals surface area (Å²) < 4.78 is 3.18. The van der Waals surface area contributed by atoms with E-state index in [0.29, 0.717) is 28.8 Å². The predicted octanol–water partition coefficient (Wildman–Crippen LogP) is 3.10. The number of aromatic nitrogens is 5. The first-order chi connectivity index (χ1) is 14.4. The highest BCUT2D eigenvalue weighted by Crippen LogP contribution is 2.21. The number of nitrogens with zero attached hydrogens (tertiary/aromatic N) is 5. The molecule has 0 aliphatic rings. The zero-order valence-corrected chi connectivity index (χ0v) is 17.0. The second-order valence-electron chi connectivity index (χ2n) is 7.58. The number of fused-ring (bicyclic) bond motifs is 1. The van der Waals surface area contributed by atoms with Gasteiger partial charge in [-0.15, -0.1) is 10.2 Å². The number of benzene rings is 2. The van der Waals surface area contributed by atoms with Crippen LogP contribution in [0.2, 0.25) is 0 Å². The Bertz CT molecular complexity index is 1290. The average Bonchev–Trinajstić information content (AvgIpc) is 3.16. The van der Waals surface area contributed by atoms with Gasteiger partial charge in [-0.1, -0.05) is 44.2 Å². The second kappa shape index (κ2) is 7.90. The van der Waals surface area contributed by atoms with Gasteiger partial charge in [0.25, 0.3) is 11.5 Å². The standard InChI is InChI=1S/C22H22N6O2/c1-14(2)12-28-22(30)18-10-5-4-9-17(18)19(26-28)21(29)24-16-8-6-7-15(11-16)20-25-23-13-27(20)3/h4-11,13-14H,12H2,1-3H3,(H,24,29). The third-order valence-corrected chi connectivity index (χ3v) is 4.71. The van der Waals surface area contributed by atoms with Gasteiger partial charge in [0.1, 0.15) is 6.33 Å². The van der Waals surface area contributed by atoms with Gasteiger partial charge in [-0.3, -0.25) is 9.59 Å². The van der Waals surface area contributed by atoms with Gasteiger partial charge in [-0.2, -0.15) is 5.10 Å². The number of hydrogen-bond acceptors (Lipinski definition) is 5. The van der Waals surface area contributed by atoms with Gasteiger partial charge in [0.05, 0.1) is 5.39 Å². The number of carbonyl (C=O) groups is 1. The maximum Gasteiger partial charge on any atom is 0.276 e. The fraction of sp³-hybridized carbons (Fsp3) is 0.227. The summed E-state index contributed by atoms with van der Waals surface area (Å²) in [6.45, 7) is 4.44. The molecule has 0 aliphatic carbocycles. The first-order valence-electron chi connectivity index (χ1n) is 9.69. The Morgan fingerprint density at radius 2 is 1.87 bits per heavy atom. The molecule has 4 aromatic rings. The van der Waals surface area contributed by atoms with Crippen molar-refractivity contribution in [3.63, 3.8) is 0 Å². The number of rotatable bonds is 5. The molecule has 0 aliphatic heterocycles. The van der Waals surface area contributed by atoms with Gasteiger partial charge < -0.3 is 9.88 Å². The summed E-state index contributed by atoms with van der Waals surface area (Å²) in [6, 6.07) is 14.4. The summed E-state index contributed by atoms with van der Waals surface area (Å²) >= 11 is 0. The van der Waals surface area contributed by atoms with Crippen molar-refractivity contribution in [2.24, 2.45) is 13.0 Å². The Morgan fingerprint density at radius 1 is 1.10 bits per heavy atom. The summed E-state index contributed by atoms with van der Waals surface area (Å²) in [4.78, 5) is 25.9. The third-order valence-electron chi connectivity index (χ3n) is 4.71. The number of nitrogens with one attached hydrogen (secondary N) is 1. The number of amides is 1. The van der Waals surface area contributed by atoms with Crippen LogP contribution in [0.5, 0.6) is 0 Å². The summed E-state index contributed by atoms with van der Waals surface area (Å²) in [5.41, 5.74) is 1.46. The molecule has 8 nitrogen and oxygen atoms in total. The normalized spacial score (nSPS) is 11.2. The summed E-state index contributed by atoms with van der Waals surface area (Å²) in [7, 11) is 1.86. The Hall–Kier alpha value is -3.81. The van der Waals surface area contributed by atoms with Crippen LogP contribution < -0.4 is 10.9 Å². The van der Waals surface area contributed by atoms with Gasteiger partial charge >= 0.3 is 0 Å². The van der Waals surface area contributed by atoms with Gasteiger partial charge in [0.15, 0.2) is 11.5 Å². The van der Waals surface area contributed by atoms with Crippen molar-refractivity contribution >= 4 is 22.4 Å². The van der Waals surface area contributed by atoms with Gasteiger partial charge in [-0.25, -0.2) is 4.68 Å². The van der Waals surface area contributed by atoms with Crippen molar-refractivity contribution in [2.45, 2.75) is 20.4 Å². The van der Waals surface area contributed by atoms with Crippen LogP contribution in [0.25, 0.3) is 22.2 Å². The van der Waals surface area contributed by atoms with Gasteiger partial charge in [0, 0.05) is 30.2 Å². The molecule has 8 heteroatoms. The molecule has 0 spiro atoms. The molecule has 0 fully saturated rings. The van der Waals surface area contributed by atoms with E-state index in [1.165, 1.54) is 4.68 Å². The fourth-order valence-electron chi connectivity index (χ4n) is 3.34. The molecule has 0 saturated carbocycles. The molecule has 0 bridgehead atoms. The van der Waals surface area contributed by atoms with Crippen LogP contribution in [0.15, 0.2) is 59.7 Å². The van der Waals surface area contributed by atoms with Crippen LogP contribution in [-0.2, 0) is 13.6 Å². The lowest BCUT2D eigenvalue weighted by Gasteiger charge is -2.13. The van der Waals surface area contributed by atoms with Crippen molar-refractivity contribution in [1.29, 1.82) is 0 Å². The van der Waals surface area contributed by atoms with E-state index < -0.39 is 0 Å². The van der Waals surface area contributed by atoms with Crippen molar-refractivity contribution in [2.75, 3.05) is 5.32 Å². The smallest absolute Gasteiger partial charge is 0.276 e. The molecular formula is C22H22N6O2. The maximum atomic E-state index is 13.1. The molecule has 1 N–H and O–H groups in total. The zero-order valence-electron chi connectivity index (χ0n) is 17.0. The summed E-state index contributed by atoms with van der Waals surface area (Å²) in [5.74, 6) is 0.536. The van der Waals surface area contributed by atoms with Crippen molar-refractivity contribution < 1.29 is 4.79 Å². The van der Waals surface area contributed by atoms with E-state index in [-0.39, 0.29) is 23.1 Å². The minimum absolute atomic E-state index is 0.194. The number of hydrogen-bond donors (Lipinski definition) is 1. The highest BCUT2D eigenvalue weighted by Gasteiger charge is 2.17. The van der Waals surface area contributed by atoms with Crippen LogP contribution in [-0.4, -0.2) is 30.5 Å². The quantitative estimate of drug-likeness (QED) is 0.553. The second-order valence-corrected chi connectivity index (χ2v) is 7.58. The van der Waals surface area contributed by atoms with E-state index in [4.69, 9.17) is 0 Å². The monoisotopic (exact) mass is 402 g/mol. The number of aryl methyl sites for hydroxylation is 1. The molecule has 0 atom stereocenters. The SMILES string of the molecule is CC(C)Cn1nc(C(=O)Nc2cccc(-c3nncn3C)c2)c2ccccc2c1=O. The van der Waals surface area contributed by atoms with E-state index in [2.05, 4.69) is 20.6 Å². The fourth-order valence-corrected chi connectivity index (χ4v) is 3.34. The molecule has 2 heterocycles.